The van der Waals surface area contributed by atoms with Crippen LogP contribution in [0.3, 0.4) is 0 Å². The van der Waals surface area contributed by atoms with Gasteiger partial charge in [-0.2, -0.15) is 0 Å². The second-order valence-electron chi connectivity index (χ2n) is 5.26. The zero-order valence-corrected chi connectivity index (χ0v) is 11.9. The van der Waals surface area contributed by atoms with E-state index in [1.807, 2.05) is 18.7 Å². The predicted octanol–water partition coefficient (Wildman–Crippen LogP) is 0.281. The molecule has 110 valence electrons. The number of nitrogens with two attached hydrogens (primary N) is 1. The topological polar surface area (TPSA) is 87.5 Å². The standard InChI is InChI=1S/C13H26N4O2/c1-3-15-10(2)7-12(18)17-6-4-5-11(9-17)8-16-13(14)19/h10-11,15H,3-9H2,1-2H3,(H3,14,16,19). The smallest absolute Gasteiger partial charge is 0.312 e. The van der Waals surface area contributed by atoms with Gasteiger partial charge < -0.3 is 21.3 Å². The first-order chi connectivity index (χ1) is 9.02. The zero-order chi connectivity index (χ0) is 14.3. The highest BCUT2D eigenvalue weighted by molar-refractivity contribution is 5.77. The molecule has 1 aliphatic heterocycles. The maximum atomic E-state index is 12.1. The van der Waals surface area contributed by atoms with E-state index in [-0.39, 0.29) is 11.9 Å². The molecule has 0 aromatic carbocycles. The maximum absolute atomic E-state index is 12.1. The summed E-state index contributed by atoms with van der Waals surface area (Å²) in [6.07, 6.45) is 2.56. The van der Waals surface area contributed by atoms with Crippen LogP contribution in [0.4, 0.5) is 4.79 Å². The van der Waals surface area contributed by atoms with Gasteiger partial charge in [-0.25, -0.2) is 4.79 Å². The molecule has 0 aliphatic carbocycles. The molecule has 6 heteroatoms. The van der Waals surface area contributed by atoms with Crippen LogP contribution in [-0.2, 0) is 4.79 Å². The molecule has 4 N–H and O–H groups in total. The minimum atomic E-state index is -0.496. The predicted molar refractivity (Wildman–Crippen MR) is 74.6 cm³/mol. The molecule has 0 aromatic rings. The van der Waals surface area contributed by atoms with E-state index in [0.717, 1.165) is 32.5 Å². The van der Waals surface area contributed by atoms with Crippen LogP contribution in [0.2, 0.25) is 0 Å². The van der Waals surface area contributed by atoms with Gasteiger partial charge in [-0.3, -0.25) is 4.79 Å². The number of rotatable bonds is 6. The van der Waals surface area contributed by atoms with Gasteiger partial charge in [0.15, 0.2) is 0 Å². The monoisotopic (exact) mass is 270 g/mol. The average molecular weight is 270 g/mol. The molecule has 1 heterocycles. The van der Waals surface area contributed by atoms with Crippen LogP contribution in [0, 0.1) is 5.92 Å². The van der Waals surface area contributed by atoms with E-state index in [0.29, 0.717) is 18.9 Å². The molecular weight excluding hydrogens is 244 g/mol. The molecule has 1 rings (SSSR count). The van der Waals surface area contributed by atoms with Gasteiger partial charge in [-0.1, -0.05) is 6.92 Å². The molecular formula is C13H26N4O2. The Morgan fingerprint density at radius 3 is 2.84 bits per heavy atom. The molecule has 0 saturated carbocycles. The first kappa shape index (κ1) is 15.8. The lowest BCUT2D eigenvalue weighted by molar-refractivity contribution is -0.133. The Morgan fingerprint density at radius 2 is 2.21 bits per heavy atom. The first-order valence-corrected chi connectivity index (χ1v) is 7.07. The van der Waals surface area contributed by atoms with E-state index in [9.17, 15) is 9.59 Å². The van der Waals surface area contributed by atoms with E-state index in [1.165, 1.54) is 0 Å². The Labute approximate surface area is 115 Å². The fourth-order valence-corrected chi connectivity index (χ4v) is 2.51. The van der Waals surface area contributed by atoms with Crippen molar-refractivity contribution < 1.29 is 9.59 Å². The van der Waals surface area contributed by atoms with Crippen LogP contribution >= 0.6 is 0 Å². The SMILES string of the molecule is CCNC(C)CC(=O)N1CCCC(CNC(N)=O)C1. The quantitative estimate of drug-likeness (QED) is 0.648. The number of hydrogen-bond acceptors (Lipinski definition) is 3. The number of amides is 3. The second kappa shape index (κ2) is 7.99. The Kier molecular flexibility index (Phi) is 6.62. The summed E-state index contributed by atoms with van der Waals surface area (Å²) in [6.45, 7) is 7.04. The fourth-order valence-electron chi connectivity index (χ4n) is 2.51. The second-order valence-corrected chi connectivity index (χ2v) is 5.26. The minimum Gasteiger partial charge on any atom is -0.352 e. The van der Waals surface area contributed by atoms with Crippen LogP contribution in [0.1, 0.15) is 33.1 Å². The van der Waals surface area contributed by atoms with Crippen molar-refractivity contribution in [2.75, 3.05) is 26.2 Å². The number of urea groups is 1. The summed E-state index contributed by atoms with van der Waals surface area (Å²) in [5.74, 6) is 0.511. The Bertz CT molecular complexity index is 309. The molecule has 1 saturated heterocycles. The van der Waals surface area contributed by atoms with Gasteiger partial charge in [0.2, 0.25) is 5.91 Å². The van der Waals surface area contributed by atoms with E-state index in [4.69, 9.17) is 5.73 Å². The van der Waals surface area contributed by atoms with Crippen molar-refractivity contribution in [2.24, 2.45) is 11.7 Å². The van der Waals surface area contributed by atoms with Crippen LogP contribution in [0.25, 0.3) is 0 Å². The molecule has 0 spiro atoms. The van der Waals surface area contributed by atoms with Gasteiger partial charge in [0.25, 0.3) is 0 Å². The first-order valence-electron chi connectivity index (χ1n) is 7.07. The lowest BCUT2D eigenvalue weighted by Gasteiger charge is -2.33. The summed E-state index contributed by atoms with van der Waals surface area (Å²) in [5, 5.41) is 5.87. The number of likely N-dealkylation sites (tertiary alicyclic amines) is 1. The van der Waals surface area contributed by atoms with E-state index < -0.39 is 6.03 Å². The van der Waals surface area contributed by atoms with Crippen LogP contribution in [0.5, 0.6) is 0 Å². The average Bonchev–Trinajstić information content (AvgIpc) is 2.37. The highest BCUT2D eigenvalue weighted by Crippen LogP contribution is 2.16. The third-order valence-corrected chi connectivity index (χ3v) is 3.47. The number of piperidine rings is 1. The van der Waals surface area contributed by atoms with E-state index in [1.54, 1.807) is 0 Å². The molecule has 2 atom stereocenters. The third-order valence-electron chi connectivity index (χ3n) is 3.47. The van der Waals surface area contributed by atoms with Gasteiger partial charge >= 0.3 is 6.03 Å². The highest BCUT2D eigenvalue weighted by atomic mass is 16.2. The van der Waals surface area contributed by atoms with Crippen LogP contribution in [-0.4, -0.2) is 49.1 Å². The lowest BCUT2D eigenvalue weighted by atomic mass is 9.97. The number of nitrogens with one attached hydrogen (secondary N) is 2. The van der Waals surface area contributed by atoms with Crippen molar-refractivity contribution in [2.45, 2.75) is 39.2 Å². The Balaban J connectivity index is 2.36. The molecule has 1 fully saturated rings. The van der Waals surface area contributed by atoms with Gasteiger partial charge in [-0.15, -0.1) is 0 Å². The molecule has 19 heavy (non-hydrogen) atoms. The summed E-state index contributed by atoms with van der Waals surface area (Å²) in [7, 11) is 0. The van der Waals surface area contributed by atoms with Crippen molar-refractivity contribution in [3.8, 4) is 0 Å². The van der Waals surface area contributed by atoms with Crippen molar-refractivity contribution >= 4 is 11.9 Å². The number of carbonyl (C=O) groups excluding carboxylic acids is 2. The number of primary amides is 1. The van der Waals surface area contributed by atoms with Crippen LogP contribution < -0.4 is 16.4 Å². The molecule has 6 nitrogen and oxygen atoms in total. The Hall–Kier alpha value is -1.30. The zero-order valence-electron chi connectivity index (χ0n) is 11.9. The van der Waals surface area contributed by atoms with Crippen molar-refractivity contribution in [3.63, 3.8) is 0 Å². The van der Waals surface area contributed by atoms with E-state index in [2.05, 4.69) is 10.6 Å². The van der Waals surface area contributed by atoms with Crippen molar-refractivity contribution in [1.82, 2.24) is 15.5 Å². The molecule has 2 unspecified atom stereocenters. The minimum absolute atomic E-state index is 0.192. The number of carbonyl (C=O) groups is 2. The van der Waals surface area contributed by atoms with E-state index >= 15 is 0 Å². The van der Waals surface area contributed by atoms with Crippen LogP contribution in [0.15, 0.2) is 0 Å². The largest absolute Gasteiger partial charge is 0.352 e. The molecule has 3 amide bonds. The maximum Gasteiger partial charge on any atom is 0.312 e. The summed E-state index contributed by atoms with van der Waals surface area (Å²) >= 11 is 0. The Morgan fingerprint density at radius 1 is 1.47 bits per heavy atom. The molecule has 0 bridgehead atoms. The third kappa shape index (κ3) is 5.92. The summed E-state index contributed by atoms with van der Waals surface area (Å²) in [5.41, 5.74) is 5.06. The van der Waals surface area contributed by atoms with Gasteiger partial charge in [0.1, 0.15) is 0 Å². The van der Waals surface area contributed by atoms with Gasteiger partial charge in [-0.05, 0) is 32.2 Å². The summed E-state index contributed by atoms with van der Waals surface area (Å²) in [4.78, 5) is 24.7. The molecule has 1 aliphatic rings. The summed E-state index contributed by atoms with van der Waals surface area (Å²) < 4.78 is 0. The summed E-state index contributed by atoms with van der Waals surface area (Å²) in [6, 6.07) is -0.286. The fraction of sp³-hybridized carbons (Fsp3) is 0.846. The number of hydrogen-bond donors (Lipinski definition) is 3. The normalized spacial score (nSPS) is 20.9. The highest BCUT2D eigenvalue weighted by Gasteiger charge is 2.24. The van der Waals surface area contributed by atoms with Gasteiger partial charge in [0.05, 0.1) is 0 Å². The van der Waals surface area contributed by atoms with Gasteiger partial charge in [0, 0.05) is 32.1 Å². The molecule has 0 aromatic heterocycles. The van der Waals surface area contributed by atoms with Crippen molar-refractivity contribution in [1.29, 1.82) is 0 Å². The molecule has 0 radical (unpaired) electrons. The van der Waals surface area contributed by atoms with Crippen molar-refractivity contribution in [3.05, 3.63) is 0 Å². The number of nitrogens with zero attached hydrogens (tertiary/aromatic N) is 1. The lowest BCUT2D eigenvalue weighted by Crippen LogP contribution is -2.45.